The van der Waals surface area contributed by atoms with E-state index >= 15 is 0 Å². The molecule has 0 radical (unpaired) electrons. The molecule has 45 heavy (non-hydrogen) atoms. The standard InChI is InChI=1S/C27H6F12N6/c28-13-5(2-41)14(29)20(35)11(19(13)34)25(43)9-7(4(1-40)8-17(32)23(38)27(45)24(39)18(8)33)10(9)26(44)12-21(36)15(30)6(3-42)16(31)22(12)37/h43-45H2/b7-4-,25-9?,26-10+. The Balaban J connectivity index is 2.27. The van der Waals surface area contributed by atoms with Crippen molar-refractivity contribution in [2.75, 3.05) is 5.73 Å². The molecular formula is C27H6F12N6. The second-order valence-electron chi connectivity index (χ2n) is 8.72. The van der Waals surface area contributed by atoms with Gasteiger partial charge in [-0.25, -0.2) is 52.7 Å². The van der Waals surface area contributed by atoms with Crippen LogP contribution < -0.4 is 17.2 Å². The summed E-state index contributed by atoms with van der Waals surface area (Å²) in [5.74, 6) is -28.3. The second-order valence-corrected chi connectivity index (χ2v) is 8.72. The van der Waals surface area contributed by atoms with Crippen molar-refractivity contribution in [2.45, 2.75) is 0 Å². The minimum absolute atomic E-state index is 0.812. The lowest BCUT2D eigenvalue weighted by atomic mass is 10.0. The second kappa shape index (κ2) is 10.9. The van der Waals surface area contributed by atoms with Gasteiger partial charge in [-0.3, -0.25) is 0 Å². The molecule has 0 spiro atoms. The molecule has 1 aliphatic carbocycles. The first-order valence-corrected chi connectivity index (χ1v) is 11.3. The number of benzene rings is 3. The third-order valence-electron chi connectivity index (χ3n) is 6.42. The van der Waals surface area contributed by atoms with Gasteiger partial charge in [-0.05, 0) is 0 Å². The van der Waals surface area contributed by atoms with Crippen LogP contribution in [0, 0.1) is 104 Å². The largest absolute Gasteiger partial charge is 0.398 e. The predicted molar refractivity (Wildman–Crippen MR) is 127 cm³/mol. The molecule has 1 saturated carbocycles. The summed E-state index contributed by atoms with van der Waals surface area (Å²) in [6, 6.07) is 2.66. The summed E-state index contributed by atoms with van der Waals surface area (Å²) in [6.07, 6.45) is 0. The van der Waals surface area contributed by atoms with Crippen molar-refractivity contribution in [2.24, 2.45) is 11.5 Å². The minimum Gasteiger partial charge on any atom is -0.398 e. The average molecular weight is 642 g/mol. The molecule has 0 bridgehead atoms. The van der Waals surface area contributed by atoms with Crippen LogP contribution in [0.1, 0.15) is 27.8 Å². The highest BCUT2D eigenvalue weighted by molar-refractivity contribution is 6.08. The zero-order valence-corrected chi connectivity index (χ0v) is 21.1. The molecule has 1 aliphatic rings. The number of nitrogen functional groups attached to an aromatic ring is 1. The summed E-state index contributed by atoms with van der Waals surface area (Å²) in [4.78, 5) is 0. The molecule has 0 amide bonds. The van der Waals surface area contributed by atoms with Crippen LogP contribution in [0.3, 0.4) is 0 Å². The Morgan fingerprint density at radius 3 is 0.978 bits per heavy atom. The Bertz CT molecular complexity index is 1950. The van der Waals surface area contributed by atoms with Crippen LogP contribution >= 0.6 is 0 Å². The molecule has 228 valence electrons. The summed E-state index contributed by atoms with van der Waals surface area (Å²) in [5.41, 5.74) is -3.24. The van der Waals surface area contributed by atoms with Gasteiger partial charge in [0.25, 0.3) is 0 Å². The van der Waals surface area contributed by atoms with E-state index in [9.17, 15) is 57.9 Å². The Labute approximate surface area is 241 Å². The highest BCUT2D eigenvalue weighted by atomic mass is 19.2. The summed E-state index contributed by atoms with van der Waals surface area (Å²) >= 11 is 0. The number of nitrogens with two attached hydrogens (primary N) is 3. The fraction of sp³-hybridized carbons (Fsp3) is 0. The molecular weight excluding hydrogens is 636 g/mol. The molecule has 0 atom stereocenters. The van der Waals surface area contributed by atoms with E-state index in [2.05, 4.69) is 0 Å². The molecule has 3 aromatic carbocycles. The van der Waals surface area contributed by atoms with Crippen LogP contribution in [0.2, 0.25) is 0 Å². The zero-order valence-electron chi connectivity index (χ0n) is 21.1. The van der Waals surface area contributed by atoms with Crippen LogP contribution in [-0.2, 0) is 0 Å². The molecule has 6 nitrogen and oxygen atoms in total. The Kier molecular flexibility index (Phi) is 7.69. The van der Waals surface area contributed by atoms with Crippen molar-refractivity contribution in [1.29, 1.82) is 15.8 Å². The number of allylic oxidation sites excluding steroid dienone is 4. The SMILES string of the molecule is N#C/C(=C1\C(=C(N)c2c(F)c(F)c(C#N)c(F)c2F)\C1=C(\N)c1c(F)c(F)c(C#N)c(F)c1F)c1c(F)c(F)c(N)c(F)c1F. The summed E-state index contributed by atoms with van der Waals surface area (Å²) in [7, 11) is 0. The van der Waals surface area contributed by atoms with Gasteiger partial charge >= 0.3 is 0 Å². The molecule has 0 saturated heterocycles. The molecule has 6 N–H and O–H groups in total. The van der Waals surface area contributed by atoms with E-state index < -0.39 is 137 Å². The number of halogens is 12. The van der Waals surface area contributed by atoms with Crippen LogP contribution in [0.5, 0.6) is 0 Å². The maximum Gasteiger partial charge on any atom is 0.185 e. The van der Waals surface area contributed by atoms with Crippen LogP contribution in [0.15, 0.2) is 16.7 Å². The van der Waals surface area contributed by atoms with Gasteiger partial charge in [0, 0.05) is 16.7 Å². The molecule has 0 heterocycles. The molecule has 1 fully saturated rings. The van der Waals surface area contributed by atoms with E-state index in [1.54, 1.807) is 0 Å². The smallest absolute Gasteiger partial charge is 0.185 e. The lowest BCUT2D eigenvalue weighted by Gasteiger charge is -2.09. The third-order valence-corrected chi connectivity index (χ3v) is 6.42. The van der Waals surface area contributed by atoms with Gasteiger partial charge < -0.3 is 17.2 Å². The van der Waals surface area contributed by atoms with E-state index in [-0.39, 0.29) is 0 Å². The molecule has 0 aliphatic heterocycles. The number of hydrogen-bond acceptors (Lipinski definition) is 6. The average Bonchev–Trinajstić information content (AvgIpc) is 3.75. The van der Waals surface area contributed by atoms with E-state index in [4.69, 9.17) is 27.7 Å². The normalized spacial score (nSPS) is 15.7. The van der Waals surface area contributed by atoms with E-state index in [1.165, 1.54) is 0 Å². The summed E-state index contributed by atoms with van der Waals surface area (Å²) < 4.78 is 175. The fourth-order valence-electron chi connectivity index (χ4n) is 4.26. The van der Waals surface area contributed by atoms with Crippen molar-refractivity contribution in [1.82, 2.24) is 0 Å². The van der Waals surface area contributed by atoms with Crippen molar-refractivity contribution >= 4 is 22.7 Å². The topological polar surface area (TPSA) is 149 Å². The van der Waals surface area contributed by atoms with Gasteiger partial charge in [-0.15, -0.1) is 0 Å². The fourth-order valence-corrected chi connectivity index (χ4v) is 4.26. The Hall–Kier alpha value is -6.09. The van der Waals surface area contributed by atoms with Crippen molar-refractivity contribution < 1.29 is 52.7 Å². The van der Waals surface area contributed by atoms with Crippen molar-refractivity contribution in [3.8, 4) is 18.2 Å². The Morgan fingerprint density at radius 2 is 0.711 bits per heavy atom. The maximum atomic E-state index is 14.9. The minimum atomic E-state index is -2.40. The van der Waals surface area contributed by atoms with Gasteiger partial charge in [0.15, 0.2) is 69.8 Å². The first kappa shape index (κ1) is 31.8. The first-order chi connectivity index (χ1) is 21.0. The quantitative estimate of drug-likeness (QED) is 0.144. The van der Waals surface area contributed by atoms with E-state index in [0.29, 0.717) is 0 Å². The molecule has 18 heteroatoms. The molecule has 3 aromatic rings. The van der Waals surface area contributed by atoms with E-state index in [1.807, 2.05) is 0 Å². The molecule has 0 unspecified atom stereocenters. The lowest BCUT2D eigenvalue weighted by Crippen LogP contribution is -2.11. The third kappa shape index (κ3) is 4.36. The van der Waals surface area contributed by atoms with Gasteiger partial charge in [0.2, 0.25) is 0 Å². The van der Waals surface area contributed by atoms with Crippen molar-refractivity contribution in [3.05, 3.63) is 114 Å². The van der Waals surface area contributed by atoms with Gasteiger partial charge in [-0.1, -0.05) is 0 Å². The zero-order chi connectivity index (χ0) is 34.0. The highest BCUT2D eigenvalue weighted by Crippen LogP contribution is 2.55. The highest BCUT2D eigenvalue weighted by Gasteiger charge is 2.45. The van der Waals surface area contributed by atoms with E-state index in [0.717, 1.165) is 18.2 Å². The number of hydrogen-bond donors (Lipinski definition) is 3. The molecule has 4 rings (SSSR count). The predicted octanol–water partition coefficient (Wildman–Crippen LogP) is 5.71. The summed E-state index contributed by atoms with van der Waals surface area (Å²) in [6.45, 7) is 0. The van der Waals surface area contributed by atoms with Crippen molar-refractivity contribution in [3.63, 3.8) is 0 Å². The number of rotatable bonds is 3. The van der Waals surface area contributed by atoms with Crippen LogP contribution in [-0.4, -0.2) is 0 Å². The summed E-state index contributed by atoms with van der Waals surface area (Å²) in [5, 5.41) is 27.3. The number of anilines is 1. The monoisotopic (exact) mass is 642 g/mol. The number of nitrogens with zero attached hydrogens (tertiary/aromatic N) is 3. The molecule has 0 aromatic heterocycles. The van der Waals surface area contributed by atoms with Crippen LogP contribution in [0.4, 0.5) is 58.4 Å². The van der Waals surface area contributed by atoms with Crippen LogP contribution in [0.25, 0.3) is 17.0 Å². The van der Waals surface area contributed by atoms with Gasteiger partial charge in [0.1, 0.15) is 35.0 Å². The first-order valence-electron chi connectivity index (χ1n) is 11.3. The maximum absolute atomic E-state index is 14.9. The lowest BCUT2D eigenvalue weighted by molar-refractivity contribution is 0.446. The van der Waals surface area contributed by atoms with Gasteiger partial charge in [-0.2, -0.15) is 15.8 Å². The van der Waals surface area contributed by atoms with Gasteiger partial charge in [0.05, 0.1) is 33.7 Å². The number of nitriles is 3. The Morgan fingerprint density at radius 1 is 0.422 bits per heavy atom.